The van der Waals surface area contributed by atoms with Gasteiger partial charge in [-0.1, -0.05) is 11.8 Å². The van der Waals surface area contributed by atoms with Crippen LogP contribution in [-0.4, -0.2) is 38.1 Å². The maximum atomic E-state index is 11.3. The predicted molar refractivity (Wildman–Crippen MR) is 74.2 cm³/mol. The number of ether oxygens (including phenoxy) is 1. The monoisotopic (exact) mass is 342 g/mol. The van der Waals surface area contributed by atoms with Crippen molar-refractivity contribution < 1.29 is 9.53 Å². The number of hydrogen-bond acceptors (Lipinski definition) is 6. The summed E-state index contributed by atoms with van der Waals surface area (Å²) in [6.45, 7) is 2.15. The van der Waals surface area contributed by atoms with Gasteiger partial charge < -0.3 is 4.74 Å². The molecule has 2 rings (SSSR count). The van der Waals surface area contributed by atoms with Gasteiger partial charge in [-0.05, 0) is 22.9 Å². The summed E-state index contributed by atoms with van der Waals surface area (Å²) in [6, 6.07) is 1.74. The van der Waals surface area contributed by atoms with Crippen LogP contribution in [0.2, 0.25) is 0 Å². The van der Waals surface area contributed by atoms with E-state index >= 15 is 0 Å². The zero-order valence-electron chi connectivity index (χ0n) is 10.1. The van der Waals surface area contributed by atoms with E-state index in [1.165, 1.54) is 11.8 Å². The van der Waals surface area contributed by atoms with E-state index in [0.717, 1.165) is 4.47 Å². The van der Waals surface area contributed by atoms with Crippen molar-refractivity contribution in [2.45, 2.75) is 12.1 Å². The van der Waals surface area contributed by atoms with Crippen molar-refractivity contribution in [3.63, 3.8) is 0 Å². The minimum absolute atomic E-state index is 0.195. The van der Waals surface area contributed by atoms with E-state index < -0.39 is 0 Å². The van der Waals surface area contributed by atoms with E-state index in [0.29, 0.717) is 17.6 Å². The number of esters is 1. The molecule has 2 aromatic heterocycles. The Labute approximate surface area is 122 Å². The largest absolute Gasteiger partial charge is 0.465 e. The number of nitrogens with zero attached hydrogens (tertiary/aromatic N) is 4. The first kappa shape index (κ1) is 14.0. The lowest BCUT2D eigenvalue weighted by atomic mass is 10.6. The molecular formula is C11H11BrN4O2S. The molecule has 0 aliphatic rings. The zero-order chi connectivity index (χ0) is 13.7. The van der Waals surface area contributed by atoms with Crippen LogP contribution in [0.3, 0.4) is 0 Å². The smallest absolute Gasteiger partial charge is 0.316 e. The second-order valence-electron chi connectivity index (χ2n) is 3.39. The molecule has 0 N–H and O–H groups in total. The first-order chi connectivity index (χ1) is 9.19. The summed E-state index contributed by atoms with van der Waals surface area (Å²) in [5.74, 6) is 0.565. The van der Waals surface area contributed by atoms with Gasteiger partial charge in [0.05, 0.1) is 23.0 Å². The third-order valence-electron chi connectivity index (χ3n) is 2.03. The summed E-state index contributed by atoms with van der Waals surface area (Å²) < 4.78 is 7.34. The van der Waals surface area contributed by atoms with Gasteiger partial charge in [0, 0.05) is 18.5 Å². The van der Waals surface area contributed by atoms with Crippen molar-refractivity contribution in [2.24, 2.45) is 0 Å². The molecule has 0 saturated carbocycles. The average Bonchev–Trinajstić information content (AvgIpc) is 2.84. The lowest BCUT2D eigenvalue weighted by Crippen LogP contribution is -2.07. The normalized spacial score (nSPS) is 10.4. The average molecular weight is 343 g/mol. The molecule has 0 aromatic carbocycles. The van der Waals surface area contributed by atoms with Crippen molar-refractivity contribution >= 4 is 33.7 Å². The third-order valence-corrected chi connectivity index (χ3v) is 3.27. The lowest BCUT2D eigenvalue weighted by molar-refractivity contribution is -0.139. The third kappa shape index (κ3) is 4.03. The van der Waals surface area contributed by atoms with E-state index in [-0.39, 0.29) is 11.7 Å². The van der Waals surface area contributed by atoms with E-state index in [1.807, 2.05) is 0 Å². The van der Waals surface area contributed by atoms with Gasteiger partial charge in [-0.2, -0.15) is 5.10 Å². The Bertz CT molecular complexity index is 575. The van der Waals surface area contributed by atoms with Crippen molar-refractivity contribution in [3.8, 4) is 5.82 Å². The highest BCUT2D eigenvalue weighted by atomic mass is 79.9. The van der Waals surface area contributed by atoms with Gasteiger partial charge >= 0.3 is 5.97 Å². The highest BCUT2D eigenvalue weighted by Gasteiger charge is 2.07. The first-order valence-corrected chi connectivity index (χ1v) is 7.29. The number of hydrogen-bond donors (Lipinski definition) is 0. The number of carbonyl (C=O) groups excluding carboxylic acids is 1. The van der Waals surface area contributed by atoms with Gasteiger partial charge in [0.2, 0.25) is 0 Å². The van der Waals surface area contributed by atoms with Crippen LogP contribution in [0, 0.1) is 0 Å². The summed E-state index contributed by atoms with van der Waals surface area (Å²) in [7, 11) is 0. The van der Waals surface area contributed by atoms with Crippen molar-refractivity contribution in [2.75, 3.05) is 12.4 Å². The lowest BCUT2D eigenvalue weighted by Gasteiger charge is -2.03. The van der Waals surface area contributed by atoms with E-state index in [2.05, 4.69) is 31.0 Å². The number of rotatable bonds is 5. The summed E-state index contributed by atoms with van der Waals surface area (Å²) >= 11 is 4.56. The van der Waals surface area contributed by atoms with E-state index in [1.54, 1.807) is 36.3 Å². The molecule has 2 aromatic rings. The highest BCUT2D eigenvalue weighted by Crippen LogP contribution is 2.15. The van der Waals surface area contributed by atoms with Crippen LogP contribution in [0.5, 0.6) is 0 Å². The van der Waals surface area contributed by atoms with Gasteiger partial charge in [0.25, 0.3) is 0 Å². The molecule has 0 saturated heterocycles. The number of halogens is 1. The zero-order valence-corrected chi connectivity index (χ0v) is 12.5. The molecule has 6 nitrogen and oxygen atoms in total. The Kier molecular flexibility index (Phi) is 4.92. The van der Waals surface area contributed by atoms with E-state index in [4.69, 9.17) is 4.74 Å². The topological polar surface area (TPSA) is 69.9 Å². The van der Waals surface area contributed by atoms with Crippen LogP contribution in [0.1, 0.15) is 6.92 Å². The number of thioether (sulfide) groups is 1. The summed E-state index contributed by atoms with van der Waals surface area (Å²) in [6.07, 6.45) is 5.10. The SMILES string of the molecule is CCOC(=O)CSc1nccc(-n2cc(Br)cn2)n1. The van der Waals surface area contributed by atoms with E-state index in [9.17, 15) is 4.79 Å². The Morgan fingerprint density at radius 2 is 2.42 bits per heavy atom. The Morgan fingerprint density at radius 1 is 1.58 bits per heavy atom. The molecule has 0 aliphatic carbocycles. The van der Waals surface area contributed by atoms with Crippen molar-refractivity contribution in [1.82, 2.24) is 19.7 Å². The maximum Gasteiger partial charge on any atom is 0.316 e. The fraction of sp³-hybridized carbons (Fsp3) is 0.273. The molecule has 8 heteroatoms. The summed E-state index contributed by atoms with van der Waals surface area (Å²) in [5, 5.41) is 4.64. The second-order valence-corrected chi connectivity index (χ2v) is 5.25. The molecule has 0 amide bonds. The Morgan fingerprint density at radius 3 is 3.11 bits per heavy atom. The standard InChI is InChI=1S/C11H11BrN4O2S/c1-2-18-10(17)7-19-11-13-4-3-9(15-11)16-6-8(12)5-14-16/h3-6H,2,7H2,1H3. The summed E-state index contributed by atoms with van der Waals surface area (Å²) in [5.41, 5.74) is 0. The molecule has 0 radical (unpaired) electrons. The van der Waals surface area contributed by atoms with Crippen LogP contribution < -0.4 is 0 Å². The highest BCUT2D eigenvalue weighted by molar-refractivity contribution is 9.10. The molecule has 0 aliphatic heterocycles. The molecule has 0 fully saturated rings. The van der Waals surface area contributed by atoms with Gasteiger partial charge in [-0.15, -0.1) is 0 Å². The molecule has 19 heavy (non-hydrogen) atoms. The van der Waals surface area contributed by atoms with Gasteiger partial charge in [-0.25, -0.2) is 14.6 Å². The molecule has 0 unspecified atom stereocenters. The minimum Gasteiger partial charge on any atom is -0.465 e. The predicted octanol–water partition coefficient (Wildman–Crippen LogP) is 2.08. The Balaban J connectivity index is 2.05. The molecule has 0 bridgehead atoms. The fourth-order valence-electron chi connectivity index (χ4n) is 1.28. The molecule has 0 atom stereocenters. The van der Waals surface area contributed by atoms with Gasteiger partial charge in [-0.3, -0.25) is 4.79 Å². The number of carbonyl (C=O) groups is 1. The molecular weight excluding hydrogens is 332 g/mol. The quantitative estimate of drug-likeness (QED) is 0.470. The number of aromatic nitrogens is 4. The minimum atomic E-state index is -0.275. The fourth-order valence-corrected chi connectivity index (χ4v) is 2.19. The van der Waals surface area contributed by atoms with Crippen LogP contribution in [0.15, 0.2) is 34.3 Å². The summed E-state index contributed by atoms with van der Waals surface area (Å²) in [4.78, 5) is 19.7. The van der Waals surface area contributed by atoms with Gasteiger partial charge in [0.15, 0.2) is 11.0 Å². The van der Waals surface area contributed by atoms with Crippen molar-refractivity contribution in [3.05, 3.63) is 29.1 Å². The Hall–Kier alpha value is -1.41. The second kappa shape index (κ2) is 6.67. The van der Waals surface area contributed by atoms with Gasteiger partial charge in [0.1, 0.15) is 0 Å². The van der Waals surface area contributed by atoms with Crippen LogP contribution in [0.25, 0.3) is 5.82 Å². The van der Waals surface area contributed by atoms with Crippen LogP contribution in [0.4, 0.5) is 0 Å². The van der Waals surface area contributed by atoms with Crippen LogP contribution in [-0.2, 0) is 9.53 Å². The van der Waals surface area contributed by atoms with Crippen molar-refractivity contribution in [1.29, 1.82) is 0 Å². The first-order valence-electron chi connectivity index (χ1n) is 5.51. The molecule has 2 heterocycles. The maximum absolute atomic E-state index is 11.3. The van der Waals surface area contributed by atoms with Crippen LogP contribution >= 0.6 is 27.7 Å². The molecule has 100 valence electrons. The molecule has 0 spiro atoms.